The molecule has 1 aliphatic rings. The quantitative estimate of drug-likeness (QED) is 0.701. The highest BCUT2D eigenvalue weighted by Crippen LogP contribution is 2.24. The van der Waals surface area contributed by atoms with Crippen molar-refractivity contribution in [3.63, 3.8) is 0 Å². The molecule has 0 saturated heterocycles. The fourth-order valence-electron chi connectivity index (χ4n) is 3.90. The van der Waals surface area contributed by atoms with E-state index in [0.717, 1.165) is 30.6 Å². The SMILES string of the molecule is C[C@H]1c2ccsc2CC[NH+]1CC(=O)Nc1ccccc1Cc1ccccc1. The molecule has 1 amide bonds. The molecule has 0 fully saturated rings. The molecule has 3 nitrogen and oxygen atoms in total. The second-order valence-corrected chi connectivity index (χ2v) is 8.22. The van der Waals surface area contributed by atoms with Gasteiger partial charge in [0.2, 0.25) is 0 Å². The molecule has 2 atom stereocenters. The molecule has 2 N–H and O–H groups in total. The van der Waals surface area contributed by atoms with Gasteiger partial charge in [0.05, 0.1) is 6.54 Å². The predicted octanol–water partition coefficient (Wildman–Crippen LogP) is 3.48. The maximum atomic E-state index is 12.8. The van der Waals surface area contributed by atoms with Crippen LogP contribution in [0, 0.1) is 0 Å². The highest BCUT2D eigenvalue weighted by Gasteiger charge is 2.29. The van der Waals surface area contributed by atoms with Crippen LogP contribution in [0.4, 0.5) is 5.69 Å². The van der Waals surface area contributed by atoms with Gasteiger partial charge in [-0.25, -0.2) is 0 Å². The van der Waals surface area contributed by atoms with Gasteiger partial charge in [-0.1, -0.05) is 48.5 Å². The maximum Gasteiger partial charge on any atom is 0.279 e. The molecular weight excluding hydrogens is 352 g/mol. The van der Waals surface area contributed by atoms with E-state index < -0.39 is 0 Å². The maximum absolute atomic E-state index is 12.8. The summed E-state index contributed by atoms with van der Waals surface area (Å²) in [6.45, 7) is 3.76. The zero-order valence-electron chi connectivity index (χ0n) is 15.6. The molecule has 0 radical (unpaired) electrons. The average Bonchev–Trinajstić information content (AvgIpc) is 3.16. The molecule has 2 aromatic carbocycles. The lowest BCUT2D eigenvalue weighted by Crippen LogP contribution is -3.14. The van der Waals surface area contributed by atoms with Crippen LogP contribution in [-0.2, 0) is 17.6 Å². The third-order valence-electron chi connectivity index (χ3n) is 5.45. The number of hydrogen-bond acceptors (Lipinski definition) is 2. The molecule has 1 unspecified atom stereocenters. The Kier molecular flexibility index (Phi) is 5.37. The lowest BCUT2D eigenvalue weighted by molar-refractivity contribution is -0.923. The van der Waals surface area contributed by atoms with Crippen molar-refractivity contribution in [2.24, 2.45) is 0 Å². The van der Waals surface area contributed by atoms with Crippen LogP contribution in [-0.4, -0.2) is 19.0 Å². The molecule has 0 saturated carbocycles. The Labute approximate surface area is 164 Å². The van der Waals surface area contributed by atoms with Gasteiger partial charge >= 0.3 is 0 Å². The summed E-state index contributed by atoms with van der Waals surface area (Å²) in [4.78, 5) is 15.6. The molecule has 4 heteroatoms. The first kappa shape index (κ1) is 18.0. The molecule has 138 valence electrons. The normalized spacial score (nSPS) is 18.7. The van der Waals surface area contributed by atoms with Gasteiger partial charge in [0.25, 0.3) is 5.91 Å². The van der Waals surface area contributed by atoms with E-state index in [0.29, 0.717) is 12.6 Å². The fourth-order valence-corrected chi connectivity index (χ4v) is 4.88. The van der Waals surface area contributed by atoms with E-state index in [-0.39, 0.29) is 5.91 Å². The zero-order chi connectivity index (χ0) is 18.6. The number of carbonyl (C=O) groups excluding carboxylic acids is 1. The third kappa shape index (κ3) is 4.12. The van der Waals surface area contributed by atoms with Crippen molar-refractivity contribution in [3.05, 3.63) is 87.6 Å². The van der Waals surface area contributed by atoms with Gasteiger partial charge in [-0.15, -0.1) is 11.3 Å². The van der Waals surface area contributed by atoms with Crippen molar-refractivity contribution < 1.29 is 9.69 Å². The Bertz CT molecular complexity index is 919. The monoisotopic (exact) mass is 377 g/mol. The summed E-state index contributed by atoms with van der Waals surface area (Å²) in [7, 11) is 0. The Balaban J connectivity index is 1.43. The summed E-state index contributed by atoms with van der Waals surface area (Å²) in [5.41, 5.74) is 4.74. The van der Waals surface area contributed by atoms with Crippen LogP contribution in [0.25, 0.3) is 0 Å². The Hall–Kier alpha value is -2.43. The van der Waals surface area contributed by atoms with E-state index in [1.165, 1.54) is 20.9 Å². The van der Waals surface area contributed by atoms with Crippen molar-refractivity contribution in [1.82, 2.24) is 0 Å². The minimum atomic E-state index is 0.0936. The minimum absolute atomic E-state index is 0.0936. The number of amides is 1. The molecule has 0 bridgehead atoms. The standard InChI is InChI=1S/C23H24N2OS/c1-17-20-12-14-27-22(20)11-13-25(17)16-23(26)24-21-10-6-5-9-19(21)15-18-7-3-2-4-8-18/h2-10,12,14,17H,11,13,15-16H2,1H3,(H,24,26)/p+1/t17-/m0/s1. The second kappa shape index (κ2) is 8.07. The fraction of sp³-hybridized carbons (Fsp3) is 0.261. The van der Waals surface area contributed by atoms with Crippen LogP contribution >= 0.6 is 11.3 Å². The van der Waals surface area contributed by atoms with Crippen LogP contribution in [0.5, 0.6) is 0 Å². The topological polar surface area (TPSA) is 33.5 Å². The number of anilines is 1. The number of rotatable bonds is 5. The number of carbonyl (C=O) groups is 1. The number of para-hydroxylation sites is 1. The first-order valence-corrected chi connectivity index (χ1v) is 10.4. The number of nitrogens with one attached hydrogen (secondary N) is 2. The number of quaternary nitrogens is 1. The summed E-state index contributed by atoms with van der Waals surface area (Å²) in [6.07, 6.45) is 1.90. The Morgan fingerprint density at radius 3 is 2.74 bits per heavy atom. The number of thiophene rings is 1. The smallest absolute Gasteiger partial charge is 0.279 e. The summed E-state index contributed by atoms with van der Waals surface area (Å²) < 4.78 is 0. The van der Waals surface area contributed by atoms with Gasteiger partial charge in [0.15, 0.2) is 6.54 Å². The van der Waals surface area contributed by atoms with Gasteiger partial charge in [-0.3, -0.25) is 4.79 Å². The van der Waals surface area contributed by atoms with E-state index in [4.69, 9.17) is 0 Å². The minimum Gasteiger partial charge on any atom is -0.321 e. The molecule has 27 heavy (non-hydrogen) atoms. The van der Waals surface area contributed by atoms with E-state index >= 15 is 0 Å². The van der Waals surface area contributed by atoms with E-state index in [1.807, 2.05) is 35.6 Å². The van der Waals surface area contributed by atoms with Gasteiger partial charge in [-0.05, 0) is 42.0 Å². The van der Waals surface area contributed by atoms with Crippen LogP contribution in [0.2, 0.25) is 0 Å². The average molecular weight is 378 g/mol. The Morgan fingerprint density at radius 2 is 1.89 bits per heavy atom. The largest absolute Gasteiger partial charge is 0.321 e. The number of fused-ring (bicyclic) bond motifs is 1. The van der Waals surface area contributed by atoms with Crippen molar-refractivity contribution in [2.75, 3.05) is 18.4 Å². The van der Waals surface area contributed by atoms with Crippen LogP contribution in [0.15, 0.2) is 66.0 Å². The van der Waals surface area contributed by atoms with Gasteiger partial charge in [-0.2, -0.15) is 0 Å². The molecule has 1 aliphatic heterocycles. The zero-order valence-corrected chi connectivity index (χ0v) is 16.4. The van der Waals surface area contributed by atoms with Gasteiger partial charge < -0.3 is 10.2 Å². The molecule has 4 rings (SSSR count). The van der Waals surface area contributed by atoms with Crippen molar-refractivity contribution in [3.8, 4) is 0 Å². The van der Waals surface area contributed by atoms with Crippen molar-refractivity contribution in [2.45, 2.75) is 25.8 Å². The molecule has 0 aliphatic carbocycles. The lowest BCUT2D eigenvalue weighted by Gasteiger charge is -2.30. The van der Waals surface area contributed by atoms with E-state index in [2.05, 4.69) is 54.0 Å². The van der Waals surface area contributed by atoms with Crippen molar-refractivity contribution in [1.29, 1.82) is 0 Å². The summed E-state index contributed by atoms with van der Waals surface area (Å²) in [5.74, 6) is 0.0936. The first-order valence-electron chi connectivity index (χ1n) is 9.53. The highest BCUT2D eigenvalue weighted by atomic mass is 32.1. The summed E-state index contributed by atoms with van der Waals surface area (Å²) >= 11 is 1.84. The summed E-state index contributed by atoms with van der Waals surface area (Å²) in [6, 6.07) is 21.1. The van der Waals surface area contributed by atoms with Crippen molar-refractivity contribution >= 4 is 22.9 Å². The molecule has 0 spiro atoms. The second-order valence-electron chi connectivity index (χ2n) is 7.22. The third-order valence-corrected chi connectivity index (χ3v) is 6.44. The van der Waals surface area contributed by atoms with Gasteiger partial charge in [0, 0.05) is 22.5 Å². The highest BCUT2D eigenvalue weighted by molar-refractivity contribution is 7.10. The Morgan fingerprint density at radius 1 is 1.11 bits per heavy atom. The number of hydrogen-bond donors (Lipinski definition) is 2. The van der Waals surface area contributed by atoms with Crippen LogP contribution in [0.1, 0.15) is 34.5 Å². The van der Waals surface area contributed by atoms with Crippen LogP contribution in [0.3, 0.4) is 0 Å². The van der Waals surface area contributed by atoms with Crippen LogP contribution < -0.4 is 10.2 Å². The van der Waals surface area contributed by atoms with E-state index in [9.17, 15) is 4.79 Å². The molecule has 3 aromatic rings. The molecule has 2 heterocycles. The number of benzene rings is 2. The lowest BCUT2D eigenvalue weighted by atomic mass is 10.0. The van der Waals surface area contributed by atoms with E-state index in [1.54, 1.807) is 0 Å². The summed E-state index contributed by atoms with van der Waals surface area (Å²) in [5, 5.41) is 5.33. The van der Waals surface area contributed by atoms with Gasteiger partial charge in [0.1, 0.15) is 6.04 Å². The predicted molar refractivity (Wildman–Crippen MR) is 111 cm³/mol. The first-order chi connectivity index (χ1) is 13.2. The molecular formula is C23H25N2OS+. The molecule has 1 aromatic heterocycles.